The van der Waals surface area contributed by atoms with E-state index < -0.39 is 6.04 Å². The van der Waals surface area contributed by atoms with Crippen molar-refractivity contribution < 1.29 is 14.3 Å². The maximum Gasteiger partial charge on any atom is 0.253 e. The Labute approximate surface area is 162 Å². The third-order valence-electron chi connectivity index (χ3n) is 4.00. The molecule has 2 N–H and O–H groups in total. The van der Waals surface area contributed by atoms with Gasteiger partial charge >= 0.3 is 0 Å². The van der Waals surface area contributed by atoms with E-state index in [2.05, 4.69) is 26.6 Å². The van der Waals surface area contributed by atoms with E-state index in [-0.39, 0.29) is 17.7 Å². The summed E-state index contributed by atoms with van der Waals surface area (Å²) in [6.07, 6.45) is 0. The SMILES string of the molecule is COc1ccccc1CNC(=O)[C@@H](NC(=O)c1ccccc1Br)C(C)C. The second-order valence-corrected chi connectivity index (χ2v) is 7.06. The van der Waals surface area contributed by atoms with Crippen LogP contribution in [0.25, 0.3) is 0 Å². The smallest absolute Gasteiger partial charge is 0.253 e. The largest absolute Gasteiger partial charge is 0.496 e. The van der Waals surface area contributed by atoms with Crippen LogP contribution < -0.4 is 15.4 Å². The van der Waals surface area contributed by atoms with Crippen LogP contribution >= 0.6 is 15.9 Å². The van der Waals surface area contributed by atoms with E-state index in [4.69, 9.17) is 4.74 Å². The summed E-state index contributed by atoms with van der Waals surface area (Å²) in [6, 6.07) is 14.0. The Bertz CT molecular complexity index is 777. The van der Waals surface area contributed by atoms with Crippen LogP contribution in [0.15, 0.2) is 53.0 Å². The molecular weight excluding hydrogens is 396 g/mol. The van der Waals surface area contributed by atoms with Crippen molar-refractivity contribution in [3.8, 4) is 5.75 Å². The minimum absolute atomic E-state index is 0.0564. The van der Waals surface area contributed by atoms with Crippen LogP contribution in [0.2, 0.25) is 0 Å². The van der Waals surface area contributed by atoms with Crippen molar-refractivity contribution in [1.29, 1.82) is 0 Å². The fourth-order valence-corrected chi connectivity index (χ4v) is 3.01. The Balaban J connectivity index is 2.05. The lowest BCUT2D eigenvalue weighted by molar-refractivity contribution is -0.124. The molecule has 0 aliphatic carbocycles. The van der Waals surface area contributed by atoms with Crippen molar-refractivity contribution in [2.45, 2.75) is 26.4 Å². The summed E-state index contributed by atoms with van der Waals surface area (Å²) in [6.45, 7) is 4.12. The molecule has 0 spiro atoms. The highest BCUT2D eigenvalue weighted by Crippen LogP contribution is 2.18. The van der Waals surface area contributed by atoms with Crippen LogP contribution in [0.3, 0.4) is 0 Å². The monoisotopic (exact) mass is 418 g/mol. The van der Waals surface area contributed by atoms with Crippen LogP contribution in [0.4, 0.5) is 0 Å². The van der Waals surface area contributed by atoms with Gasteiger partial charge in [0, 0.05) is 16.6 Å². The molecule has 0 radical (unpaired) electrons. The number of halogens is 1. The highest BCUT2D eigenvalue weighted by atomic mass is 79.9. The molecule has 0 heterocycles. The van der Waals surface area contributed by atoms with Crippen molar-refractivity contribution in [3.63, 3.8) is 0 Å². The van der Waals surface area contributed by atoms with E-state index in [1.54, 1.807) is 25.3 Å². The van der Waals surface area contributed by atoms with Crippen molar-refractivity contribution in [2.75, 3.05) is 7.11 Å². The zero-order chi connectivity index (χ0) is 19.1. The van der Waals surface area contributed by atoms with Crippen molar-refractivity contribution in [2.24, 2.45) is 5.92 Å². The number of benzene rings is 2. The van der Waals surface area contributed by atoms with Gasteiger partial charge in [-0.15, -0.1) is 0 Å². The summed E-state index contributed by atoms with van der Waals surface area (Å²) >= 11 is 3.36. The number of methoxy groups -OCH3 is 1. The first-order valence-electron chi connectivity index (χ1n) is 8.39. The predicted molar refractivity (Wildman–Crippen MR) is 105 cm³/mol. The van der Waals surface area contributed by atoms with Crippen molar-refractivity contribution in [1.82, 2.24) is 10.6 Å². The van der Waals surface area contributed by atoms with Crippen molar-refractivity contribution in [3.05, 3.63) is 64.1 Å². The van der Waals surface area contributed by atoms with Crippen LogP contribution in [0, 0.1) is 5.92 Å². The molecule has 5 nitrogen and oxygen atoms in total. The molecule has 0 unspecified atom stereocenters. The summed E-state index contributed by atoms with van der Waals surface area (Å²) in [5, 5.41) is 5.71. The molecule has 0 aliphatic heterocycles. The topological polar surface area (TPSA) is 67.4 Å². The quantitative estimate of drug-likeness (QED) is 0.722. The van der Waals surface area contributed by atoms with Crippen LogP contribution in [-0.4, -0.2) is 25.0 Å². The normalized spacial score (nSPS) is 11.7. The second-order valence-electron chi connectivity index (χ2n) is 6.20. The van der Waals surface area contributed by atoms with Gasteiger partial charge in [0.2, 0.25) is 5.91 Å². The highest BCUT2D eigenvalue weighted by Gasteiger charge is 2.25. The molecular formula is C20H23BrN2O3. The Morgan fingerprint density at radius 1 is 1.08 bits per heavy atom. The fourth-order valence-electron chi connectivity index (χ4n) is 2.54. The molecule has 0 aromatic heterocycles. The average molecular weight is 419 g/mol. The summed E-state index contributed by atoms with van der Waals surface area (Å²) in [7, 11) is 1.59. The van der Waals surface area contributed by atoms with Gasteiger partial charge in [-0.25, -0.2) is 0 Å². The molecule has 2 rings (SSSR count). The molecule has 0 saturated heterocycles. The van der Waals surface area contributed by atoms with Crippen LogP contribution in [0.1, 0.15) is 29.8 Å². The first-order valence-corrected chi connectivity index (χ1v) is 9.18. The van der Waals surface area contributed by atoms with E-state index in [0.717, 1.165) is 5.56 Å². The Kier molecular flexibility index (Phi) is 7.21. The summed E-state index contributed by atoms with van der Waals surface area (Å²) in [5.41, 5.74) is 1.37. The number of nitrogens with one attached hydrogen (secondary N) is 2. The molecule has 6 heteroatoms. The molecule has 0 bridgehead atoms. The number of amides is 2. The van der Waals surface area contributed by atoms with Gasteiger partial charge in [0.1, 0.15) is 11.8 Å². The maximum atomic E-state index is 12.6. The Morgan fingerprint density at radius 3 is 2.38 bits per heavy atom. The number of hydrogen-bond donors (Lipinski definition) is 2. The minimum atomic E-state index is -0.635. The van der Waals surface area contributed by atoms with Gasteiger partial charge in [-0.05, 0) is 40.0 Å². The molecule has 1 atom stereocenters. The number of ether oxygens (including phenoxy) is 1. The van der Waals surface area contributed by atoms with E-state index in [1.165, 1.54) is 0 Å². The van der Waals surface area contributed by atoms with Gasteiger partial charge < -0.3 is 15.4 Å². The Hall–Kier alpha value is -2.34. The molecule has 2 aromatic carbocycles. The lowest BCUT2D eigenvalue weighted by atomic mass is 10.0. The average Bonchev–Trinajstić information content (AvgIpc) is 2.64. The standard InChI is InChI=1S/C20H23BrN2O3/c1-13(2)18(23-19(24)15-9-5-6-10-16(15)21)20(25)22-12-14-8-4-7-11-17(14)26-3/h4-11,13,18H,12H2,1-3H3,(H,22,25)(H,23,24)/t18-/m0/s1. The number of carbonyl (C=O) groups is 2. The molecule has 0 fully saturated rings. The first kappa shape index (κ1) is 20.0. The molecule has 0 saturated carbocycles. The van der Waals surface area contributed by atoms with Gasteiger partial charge in [0.05, 0.1) is 12.7 Å². The van der Waals surface area contributed by atoms with Gasteiger partial charge in [-0.3, -0.25) is 9.59 Å². The zero-order valence-corrected chi connectivity index (χ0v) is 16.7. The van der Waals surface area contributed by atoms with Crippen LogP contribution in [0.5, 0.6) is 5.75 Å². The third kappa shape index (κ3) is 5.08. The van der Waals surface area contributed by atoms with Gasteiger partial charge in [-0.1, -0.05) is 44.2 Å². The second kappa shape index (κ2) is 9.38. The minimum Gasteiger partial charge on any atom is -0.496 e. The lowest BCUT2D eigenvalue weighted by Crippen LogP contribution is -2.49. The molecule has 2 amide bonds. The maximum absolute atomic E-state index is 12.6. The molecule has 26 heavy (non-hydrogen) atoms. The van der Waals surface area contributed by atoms with Gasteiger partial charge in [-0.2, -0.15) is 0 Å². The zero-order valence-electron chi connectivity index (χ0n) is 15.1. The van der Waals surface area contributed by atoms with E-state index in [9.17, 15) is 9.59 Å². The van der Waals surface area contributed by atoms with Crippen LogP contribution in [-0.2, 0) is 11.3 Å². The third-order valence-corrected chi connectivity index (χ3v) is 4.69. The number of para-hydroxylation sites is 1. The number of rotatable bonds is 7. The fraction of sp³-hybridized carbons (Fsp3) is 0.300. The Morgan fingerprint density at radius 2 is 1.73 bits per heavy atom. The van der Waals surface area contributed by atoms with Gasteiger partial charge in [0.15, 0.2) is 0 Å². The van der Waals surface area contributed by atoms with E-state index >= 15 is 0 Å². The summed E-state index contributed by atoms with van der Waals surface area (Å²) in [4.78, 5) is 25.1. The molecule has 0 aliphatic rings. The number of hydrogen-bond acceptors (Lipinski definition) is 3. The molecule has 138 valence electrons. The molecule has 2 aromatic rings. The summed E-state index contributed by atoms with van der Waals surface area (Å²) in [5.74, 6) is 0.139. The first-order chi connectivity index (χ1) is 12.4. The van der Waals surface area contributed by atoms with Crippen molar-refractivity contribution >= 4 is 27.7 Å². The van der Waals surface area contributed by atoms with E-state index in [1.807, 2.05) is 44.2 Å². The van der Waals surface area contributed by atoms with Gasteiger partial charge in [0.25, 0.3) is 5.91 Å². The number of carbonyl (C=O) groups excluding carboxylic acids is 2. The highest BCUT2D eigenvalue weighted by molar-refractivity contribution is 9.10. The summed E-state index contributed by atoms with van der Waals surface area (Å²) < 4.78 is 5.98. The predicted octanol–water partition coefficient (Wildman–Crippen LogP) is 3.53. The van der Waals surface area contributed by atoms with E-state index in [0.29, 0.717) is 22.3 Å². The lowest BCUT2D eigenvalue weighted by Gasteiger charge is -2.22.